The van der Waals surface area contributed by atoms with E-state index in [1.165, 1.54) is 24.0 Å². The maximum atomic E-state index is 4.72. The molecule has 1 N–H and O–H groups in total. The van der Waals surface area contributed by atoms with Gasteiger partial charge in [-0.3, -0.25) is 0 Å². The van der Waals surface area contributed by atoms with Gasteiger partial charge in [0.05, 0.1) is 0 Å². The third-order valence-corrected chi connectivity index (χ3v) is 4.83. The largest absolute Gasteiger partial charge is 0.349 e. The Kier molecular flexibility index (Phi) is 4.93. The maximum Gasteiger partial charge on any atom is 0.133 e. The van der Waals surface area contributed by atoms with E-state index in [1.807, 2.05) is 6.20 Å². The number of hydrogen-bond donors (Lipinski definition) is 1. The SMILES string of the molecule is CCNCc1cc(Br)cnc1N(Cc1ccsc1)C1CC1. The highest BCUT2D eigenvalue weighted by molar-refractivity contribution is 9.10. The molecule has 0 spiro atoms. The van der Waals surface area contributed by atoms with Crippen LogP contribution in [-0.4, -0.2) is 17.6 Å². The zero-order chi connectivity index (χ0) is 14.7. The molecule has 5 heteroatoms. The number of nitrogens with zero attached hydrogens (tertiary/aromatic N) is 2. The van der Waals surface area contributed by atoms with Crippen LogP contribution in [0.25, 0.3) is 0 Å². The van der Waals surface area contributed by atoms with Crippen molar-refractivity contribution in [2.45, 2.75) is 38.9 Å². The van der Waals surface area contributed by atoms with Gasteiger partial charge in [0.15, 0.2) is 0 Å². The fourth-order valence-electron chi connectivity index (χ4n) is 2.46. The summed E-state index contributed by atoms with van der Waals surface area (Å²) in [6, 6.07) is 5.05. The van der Waals surface area contributed by atoms with Gasteiger partial charge in [-0.1, -0.05) is 6.92 Å². The molecule has 2 heterocycles. The average molecular weight is 366 g/mol. The van der Waals surface area contributed by atoms with Crippen LogP contribution in [0.5, 0.6) is 0 Å². The zero-order valence-electron chi connectivity index (χ0n) is 12.2. The van der Waals surface area contributed by atoms with E-state index in [4.69, 9.17) is 4.98 Å². The fourth-order valence-corrected chi connectivity index (χ4v) is 3.50. The van der Waals surface area contributed by atoms with Gasteiger partial charge in [0, 0.05) is 35.4 Å². The predicted molar refractivity (Wildman–Crippen MR) is 92.8 cm³/mol. The van der Waals surface area contributed by atoms with Crippen LogP contribution < -0.4 is 10.2 Å². The molecule has 1 fully saturated rings. The minimum Gasteiger partial charge on any atom is -0.349 e. The molecule has 0 saturated heterocycles. The number of rotatable bonds is 7. The number of pyridine rings is 1. The van der Waals surface area contributed by atoms with Crippen molar-refractivity contribution in [1.29, 1.82) is 0 Å². The molecule has 0 aliphatic heterocycles. The lowest BCUT2D eigenvalue weighted by Gasteiger charge is -2.26. The molecule has 1 saturated carbocycles. The normalized spacial score (nSPS) is 14.4. The van der Waals surface area contributed by atoms with Gasteiger partial charge in [-0.05, 0) is 63.8 Å². The molecule has 1 aliphatic carbocycles. The maximum absolute atomic E-state index is 4.72. The van der Waals surface area contributed by atoms with E-state index < -0.39 is 0 Å². The third-order valence-electron chi connectivity index (χ3n) is 3.67. The second kappa shape index (κ2) is 6.90. The highest BCUT2D eigenvalue weighted by Gasteiger charge is 2.31. The topological polar surface area (TPSA) is 28.2 Å². The van der Waals surface area contributed by atoms with Gasteiger partial charge in [0.2, 0.25) is 0 Å². The van der Waals surface area contributed by atoms with E-state index in [1.54, 1.807) is 11.3 Å². The summed E-state index contributed by atoms with van der Waals surface area (Å²) < 4.78 is 1.05. The number of halogens is 1. The molecule has 21 heavy (non-hydrogen) atoms. The van der Waals surface area contributed by atoms with Crippen LogP contribution in [0.4, 0.5) is 5.82 Å². The van der Waals surface area contributed by atoms with Crippen LogP contribution in [-0.2, 0) is 13.1 Å². The van der Waals surface area contributed by atoms with Crippen molar-refractivity contribution in [3.05, 3.63) is 44.7 Å². The molecule has 0 aromatic carbocycles. The van der Waals surface area contributed by atoms with Crippen molar-refractivity contribution in [2.24, 2.45) is 0 Å². The number of nitrogens with one attached hydrogen (secondary N) is 1. The highest BCUT2D eigenvalue weighted by atomic mass is 79.9. The lowest BCUT2D eigenvalue weighted by Crippen LogP contribution is -2.28. The Morgan fingerprint density at radius 2 is 2.33 bits per heavy atom. The predicted octanol–water partition coefficient (Wildman–Crippen LogP) is 4.18. The zero-order valence-corrected chi connectivity index (χ0v) is 14.6. The Balaban J connectivity index is 1.87. The minimum atomic E-state index is 0.652. The Hall–Kier alpha value is -0.910. The minimum absolute atomic E-state index is 0.652. The molecule has 0 atom stereocenters. The smallest absolute Gasteiger partial charge is 0.133 e. The second-order valence-corrected chi connectivity index (χ2v) is 7.10. The van der Waals surface area contributed by atoms with Gasteiger partial charge in [-0.15, -0.1) is 0 Å². The van der Waals surface area contributed by atoms with Crippen LogP contribution >= 0.6 is 27.3 Å². The van der Waals surface area contributed by atoms with Gasteiger partial charge < -0.3 is 10.2 Å². The molecular formula is C16H20BrN3S. The molecule has 0 amide bonds. The van der Waals surface area contributed by atoms with E-state index >= 15 is 0 Å². The summed E-state index contributed by atoms with van der Waals surface area (Å²) in [5.41, 5.74) is 2.65. The van der Waals surface area contributed by atoms with E-state index in [9.17, 15) is 0 Å². The number of thiophene rings is 1. The number of aromatic nitrogens is 1. The summed E-state index contributed by atoms with van der Waals surface area (Å²) in [4.78, 5) is 7.19. The molecule has 1 aliphatic rings. The fraction of sp³-hybridized carbons (Fsp3) is 0.438. The van der Waals surface area contributed by atoms with Crippen molar-refractivity contribution in [3.8, 4) is 0 Å². The molecule has 2 aromatic heterocycles. The van der Waals surface area contributed by atoms with E-state index in [-0.39, 0.29) is 0 Å². The summed E-state index contributed by atoms with van der Waals surface area (Å²) in [5, 5.41) is 7.80. The first-order chi connectivity index (χ1) is 10.3. The van der Waals surface area contributed by atoms with E-state index in [2.05, 4.69) is 56.0 Å². The molecule has 3 nitrogen and oxygen atoms in total. The molecule has 0 unspecified atom stereocenters. The van der Waals surface area contributed by atoms with E-state index in [0.717, 1.165) is 29.9 Å². The Bertz CT molecular complexity index is 581. The molecular weight excluding hydrogens is 346 g/mol. The second-order valence-electron chi connectivity index (χ2n) is 5.41. The Morgan fingerprint density at radius 1 is 1.48 bits per heavy atom. The summed E-state index contributed by atoms with van der Waals surface area (Å²) in [6.45, 7) is 4.93. The van der Waals surface area contributed by atoms with Gasteiger partial charge in [-0.25, -0.2) is 4.98 Å². The van der Waals surface area contributed by atoms with Crippen LogP contribution in [0.1, 0.15) is 30.9 Å². The van der Waals surface area contributed by atoms with Crippen molar-refractivity contribution in [3.63, 3.8) is 0 Å². The molecule has 112 valence electrons. The summed E-state index contributed by atoms with van der Waals surface area (Å²) in [5.74, 6) is 1.13. The van der Waals surface area contributed by atoms with Gasteiger partial charge in [0.1, 0.15) is 5.82 Å². The third kappa shape index (κ3) is 3.84. The van der Waals surface area contributed by atoms with Gasteiger partial charge in [-0.2, -0.15) is 11.3 Å². The first-order valence-electron chi connectivity index (χ1n) is 7.40. The van der Waals surface area contributed by atoms with Crippen LogP contribution in [0.3, 0.4) is 0 Å². The number of hydrogen-bond acceptors (Lipinski definition) is 4. The van der Waals surface area contributed by atoms with Gasteiger partial charge in [0.25, 0.3) is 0 Å². The van der Waals surface area contributed by atoms with E-state index in [0.29, 0.717) is 6.04 Å². The summed E-state index contributed by atoms with van der Waals surface area (Å²) in [6.07, 6.45) is 4.47. The first-order valence-corrected chi connectivity index (χ1v) is 9.14. The van der Waals surface area contributed by atoms with Gasteiger partial charge >= 0.3 is 0 Å². The lowest BCUT2D eigenvalue weighted by molar-refractivity contribution is 0.707. The van der Waals surface area contributed by atoms with Crippen LogP contribution in [0, 0.1) is 0 Å². The molecule has 0 radical (unpaired) electrons. The number of anilines is 1. The highest BCUT2D eigenvalue weighted by Crippen LogP contribution is 2.34. The molecule has 2 aromatic rings. The van der Waals surface area contributed by atoms with Crippen molar-refractivity contribution in [2.75, 3.05) is 11.4 Å². The lowest BCUT2D eigenvalue weighted by atomic mass is 10.2. The Labute approximate surface area is 138 Å². The van der Waals surface area contributed by atoms with Crippen molar-refractivity contribution in [1.82, 2.24) is 10.3 Å². The monoisotopic (exact) mass is 365 g/mol. The quantitative estimate of drug-likeness (QED) is 0.797. The summed E-state index contributed by atoms with van der Waals surface area (Å²) in [7, 11) is 0. The average Bonchev–Trinajstić information content (AvgIpc) is 3.20. The molecule has 3 rings (SSSR count). The first kappa shape index (κ1) is 15.0. The van der Waals surface area contributed by atoms with Crippen LogP contribution in [0.2, 0.25) is 0 Å². The van der Waals surface area contributed by atoms with Crippen molar-refractivity contribution >= 4 is 33.1 Å². The Morgan fingerprint density at radius 3 is 3.00 bits per heavy atom. The van der Waals surface area contributed by atoms with Crippen molar-refractivity contribution < 1.29 is 0 Å². The molecule has 0 bridgehead atoms. The summed E-state index contributed by atoms with van der Waals surface area (Å²) >= 11 is 5.31. The van der Waals surface area contributed by atoms with Crippen LogP contribution in [0.15, 0.2) is 33.6 Å². The standard InChI is InChI=1S/C16H20BrN3S/c1-2-18-8-13-7-14(17)9-19-16(13)20(15-3-4-15)10-12-5-6-21-11-12/h5-7,9,11,15,18H,2-4,8,10H2,1H3.